The third kappa shape index (κ3) is 0.736. The van der Waals surface area contributed by atoms with Crippen molar-refractivity contribution in [2.24, 2.45) is 11.8 Å². The molecule has 3 nitrogen and oxygen atoms in total. The fraction of sp³-hybridized carbons (Fsp3) is 0.857. The Hall–Kier alpha value is -0.570. The SMILES string of the molecule is O=C(O)C1[C@H]2CCCN[C@@H]12. The second-order valence-corrected chi connectivity index (χ2v) is 3.15. The lowest BCUT2D eigenvalue weighted by Gasteiger charge is -2.07. The van der Waals surface area contributed by atoms with Crippen LogP contribution in [-0.4, -0.2) is 23.7 Å². The molecule has 0 aromatic carbocycles. The Morgan fingerprint density at radius 3 is 2.90 bits per heavy atom. The summed E-state index contributed by atoms with van der Waals surface area (Å²) in [6.45, 7) is 1.00. The fourth-order valence-corrected chi connectivity index (χ4v) is 1.95. The van der Waals surface area contributed by atoms with Gasteiger partial charge in [0, 0.05) is 6.04 Å². The van der Waals surface area contributed by atoms with Gasteiger partial charge in [-0.05, 0) is 25.3 Å². The number of piperidine rings is 1. The van der Waals surface area contributed by atoms with Crippen LogP contribution in [0.25, 0.3) is 0 Å². The molecule has 1 aliphatic carbocycles. The Kier molecular flexibility index (Phi) is 1.20. The Morgan fingerprint density at radius 1 is 1.60 bits per heavy atom. The van der Waals surface area contributed by atoms with Crippen LogP contribution in [0, 0.1) is 11.8 Å². The van der Waals surface area contributed by atoms with E-state index in [1.54, 1.807) is 0 Å². The molecule has 0 bridgehead atoms. The Labute approximate surface area is 59.4 Å². The molecular weight excluding hydrogens is 130 g/mol. The predicted octanol–water partition coefficient (Wildman–Crippen LogP) is 0.0690. The lowest BCUT2D eigenvalue weighted by Crippen LogP contribution is -2.25. The summed E-state index contributed by atoms with van der Waals surface area (Å²) in [6.07, 6.45) is 2.25. The number of hydrogen-bond donors (Lipinski definition) is 2. The molecule has 1 saturated heterocycles. The smallest absolute Gasteiger partial charge is 0.308 e. The zero-order chi connectivity index (χ0) is 7.14. The van der Waals surface area contributed by atoms with E-state index in [-0.39, 0.29) is 5.92 Å². The molecule has 0 radical (unpaired) electrons. The average molecular weight is 141 g/mol. The van der Waals surface area contributed by atoms with E-state index in [1.807, 2.05) is 0 Å². The van der Waals surface area contributed by atoms with Gasteiger partial charge in [0.2, 0.25) is 0 Å². The number of hydrogen-bond acceptors (Lipinski definition) is 2. The van der Waals surface area contributed by atoms with Crippen LogP contribution < -0.4 is 5.32 Å². The second-order valence-electron chi connectivity index (χ2n) is 3.15. The van der Waals surface area contributed by atoms with Gasteiger partial charge in [-0.15, -0.1) is 0 Å². The highest BCUT2D eigenvalue weighted by Crippen LogP contribution is 2.44. The Morgan fingerprint density at radius 2 is 2.40 bits per heavy atom. The van der Waals surface area contributed by atoms with Gasteiger partial charge >= 0.3 is 5.97 Å². The molecule has 0 aromatic rings. The molecule has 2 N–H and O–H groups in total. The van der Waals surface area contributed by atoms with Gasteiger partial charge in [-0.2, -0.15) is 0 Å². The summed E-state index contributed by atoms with van der Waals surface area (Å²) in [4.78, 5) is 10.5. The molecule has 1 unspecified atom stereocenters. The summed E-state index contributed by atoms with van der Waals surface area (Å²) < 4.78 is 0. The highest BCUT2D eigenvalue weighted by molar-refractivity contribution is 5.75. The first kappa shape index (κ1) is 6.16. The highest BCUT2D eigenvalue weighted by Gasteiger charge is 2.55. The van der Waals surface area contributed by atoms with Crippen LogP contribution in [0.3, 0.4) is 0 Å². The van der Waals surface area contributed by atoms with E-state index in [1.165, 1.54) is 0 Å². The van der Waals surface area contributed by atoms with Gasteiger partial charge in [-0.3, -0.25) is 4.79 Å². The third-order valence-corrected chi connectivity index (χ3v) is 2.55. The lowest BCUT2D eigenvalue weighted by molar-refractivity contribution is -0.139. The number of carboxylic acid groups (broad SMARTS) is 1. The molecule has 10 heavy (non-hydrogen) atoms. The van der Waals surface area contributed by atoms with Gasteiger partial charge in [0.15, 0.2) is 0 Å². The predicted molar refractivity (Wildman–Crippen MR) is 35.6 cm³/mol. The normalized spacial score (nSPS) is 44.2. The Bertz CT molecular complexity index is 157. The fourth-order valence-electron chi connectivity index (χ4n) is 1.95. The minimum absolute atomic E-state index is 0.0671. The van der Waals surface area contributed by atoms with Crippen molar-refractivity contribution < 1.29 is 9.90 Å². The van der Waals surface area contributed by atoms with Crippen molar-refractivity contribution in [1.82, 2.24) is 5.32 Å². The van der Waals surface area contributed by atoms with Crippen molar-refractivity contribution in [3.05, 3.63) is 0 Å². The van der Waals surface area contributed by atoms with E-state index in [2.05, 4.69) is 5.32 Å². The van der Waals surface area contributed by atoms with Crippen molar-refractivity contribution in [3.8, 4) is 0 Å². The van der Waals surface area contributed by atoms with Crippen LogP contribution in [0.2, 0.25) is 0 Å². The van der Waals surface area contributed by atoms with Crippen molar-refractivity contribution >= 4 is 5.97 Å². The van der Waals surface area contributed by atoms with Gasteiger partial charge in [0.05, 0.1) is 5.92 Å². The largest absolute Gasteiger partial charge is 0.481 e. The summed E-state index contributed by atoms with van der Waals surface area (Å²) in [6, 6.07) is 0.311. The number of carbonyl (C=O) groups is 1. The molecule has 56 valence electrons. The molecule has 2 rings (SSSR count). The van der Waals surface area contributed by atoms with Gasteiger partial charge in [0.25, 0.3) is 0 Å². The first-order chi connectivity index (χ1) is 4.80. The second kappa shape index (κ2) is 1.95. The van der Waals surface area contributed by atoms with E-state index >= 15 is 0 Å². The topological polar surface area (TPSA) is 49.3 Å². The maximum absolute atomic E-state index is 10.5. The molecule has 3 heteroatoms. The number of fused-ring (bicyclic) bond motifs is 1. The van der Waals surface area contributed by atoms with Crippen molar-refractivity contribution in [3.63, 3.8) is 0 Å². The summed E-state index contributed by atoms with van der Waals surface area (Å²) in [7, 11) is 0. The highest BCUT2D eigenvalue weighted by atomic mass is 16.4. The van der Waals surface area contributed by atoms with E-state index in [4.69, 9.17) is 5.11 Å². The standard InChI is InChI=1S/C7H11NO2/c9-7(10)5-4-2-1-3-8-6(4)5/h4-6,8H,1-3H2,(H,9,10)/t4-,5?,6-/m1/s1. The van der Waals surface area contributed by atoms with E-state index in [9.17, 15) is 4.79 Å². The first-order valence-electron chi connectivity index (χ1n) is 3.77. The monoisotopic (exact) mass is 141 g/mol. The zero-order valence-corrected chi connectivity index (χ0v) is 5.71. The molecule has 2 fully saturated rings. The first-order valence-corrected chi connectivity index (χ1v) is 3.77. The minimum atomic E-state index is -0.621. The molecule has 2 aliphatic rings. The maximum atomic E-state index is 10.5. The third-order valence-electron chi connectivity index (χ3n) is 2.55. The van der Waals surface area contributed by atoms with Gasteiger partial charge in [-0.25, -0.2) is 0 Å². The van der Waals surface area contributed by atoms with E-state index in [0.29, 0.717) is 12.0 Å². The molecule has 1 aliphatic heterocycles. The Balaban J connectivity index is 1.99. The summed E-state index contributed by atoms with van der Waals surface area (Å²) >= 11 is 0. The van der Waals surface area contributed by atoms with E-state index in [0.717, 1.165) is 19.4 Å². The van der Waals surface area contributed by atoms with Crippen LogP contribution in [0.1, 0.15) is 12.8 Å². The van der Waals surface area contributed by atoms with Crippen molar-refractivity contribution in [2.45, 2.75) is 18.9 Å². The number of rotatable bonds is 1. The van der Waals surface area contributed by atoms with Crippen LogP contribution in [0.5, 0.6) is 0 Å². The van der Waals surface area contributed by atoms with Gasteiger partial charge in [-0.1, -0.05) is 0 Å². The summed E-state index contributed by atoms with van der Waals surface area (Å²) in [5.41, 5.74) is 0. The number of nitrogens with one attached hydrogen (secondary N) is 1. The summed E-state index contributed by atoms with van der Waals surface area (Å²) in [5.74, 6) is -0.238. The van der Waals surface area contributed by atoms with Crippen LogP contribution >= 0.6 is 0 Å². The number of aliphatic carboxylic acids is 1. The van der Waals surface area contributed by atoms with Gasteiger partial charge in [0.1, 0.15) is 0 Å². The van der Waals surface area contributed by atoms with Gasteiger partial charge < -0.3 is 10.4 Å². The molecule has 1 saturated carbocycles. The molecule has 0 amide bonds. The van der Waals surface area contributed by atoms with Crippen LogP contribution in [0.4, 0.5) is 0 Å². The lowest BCUT2D eigenvalue weighted by atomic mass is 10.1. The molecule has 3 atom stereocenters. The maximum Gasteiger partial charge on any atom is 0.308 e. The van der Waals surface area contributed by atoms with Crippen molar-refractivity contribution in [2.75, 3.05) is 6.54 Å². The average Bonchev–Trinajstić information content (AvgIpc) is 2.60. The van der Waals surface area contributed by atoms with Crippen LogP contribution in [0.15, 0.2) is 0 Å². The molecule has 1 heterocycles. The quantitative estimate of drug-likeness (QED) is 0.543. The van der Waals surface area contributed by atoms with Crippen LogP contribution in [-0.2, 0) is 4.79 Å². The number of carboxylic acids is 1. The molecule has 0 spiro atoms. The van der Waals surface area contributed by atoms with Crippen molar-refractivity contribution in [1.29, 1.82) is 0 Å². The molecular formula is C7H11NO2. The summed E-state index contributed by atoms with van der Waals surface area (Å²) in [5, 5.41) is 11.9. The van der Waals surface area contributed by atoms with E-state index < -0.39 is 5.97 Å². The zero-order valence-electron chi connectivity index (χ0n) is 5.71. The minimum Gasteiger partial charge on any atom is -0.481 e. The molecule has 0 aromatic heterocycles.